The normalized spacial score (nSPS) is 10.5. The number of nitro groups is 1. The fourth-order valence-electron chi connectivity index (χ4n) is 1.52. The zero-order chi connectivity index (χ0) is 15.2. The van der Waals surface area contributed by atoms with Gasteiger partial charge in [-0.3, -0.25) is 19.9 Å². The Morgan fingerprint density at radius 2 is 2.14 bits per heavy atom. The third kappa shape index (κ3) is 3.61. The number of nitro benzene ring substituents is 1. The van der Waals surface area contributed by atoms with Crippen LogP contribution in [0.15, 0.2) is 47.7 Å². The molecule has 106 valence electrons. The van der Waals surface area contributed by atoms with Gasteiger partial charge in [0, 0.05) is 12.3 Å². The van der Waals surface area contributed by atoms with Gasteiger partial charge in [-0.15, -0.1) is 0 Å². The molecule has 0 aliphatic heterocycles. The quantitative estimate of drug-likeness (QED) is 0.533. The molecule has 1 aromatic heterocycles. The van der Waals surface area contributed by atoms with Gasteiger partial charge in [-0.1, -0.05) is 23.7 Å². The van der Waals surface area contributed by atoms with Crippen molar-refractivity contribution in [2.75, 3.05) is 0 Å². The van der Waals surface area contributed by atoms with Crippen LogP contribution >= 0.6 is 11.6 Å². The molecule has 21 heavy (non-hydrogen) atoms. The zero-order valence-corrected chi connectivity index (χ0v) is 11.3. The van der Waals surface area contributed by atoms with E-state index in [4.69, 9.17) is 11.6 Å². The summed E-state index contributed by atoms with van der Waals surface area (Å²) < 4.78 is 0. The molecule has 1 heterocycles. The Hall–Kier alpha value is -2.80. The van der Waals surface area contributed by atoms with Crippen molar-refractivity contribution in [1.82, 2.24) is 10.4 Å². The van der Waals surface area contributed by atoms with E-state index in [9.17, 15) is 14.9 Å². The van der Waals surface area contributed by atoms with E-state index in [0.29, 0.717) is 0 Å². The fraction of sp³-hybridized carbons (Fsp3) is 0. The summed E-state index contributed by atoms with van der Waals surface area (Å²) >= 11 is 5.89. The van der Waals surface area contributed by atoms with Crippen LogP contribution in [-0.4, -0.2) is 22.0 Å². The highest BCUT2D eigenvalue weighted by molar-refractivity contribution is 6.33. The topological polar surface area (TPSA) is 97.5 Å². The maximum absolute atomic E-state index is 11.7. The average molecular weight is 305 g/mol. The van der Waals surface area contributed by atoms with Crippen LogP contribution in [0.4, 0.5) is 5.69 Å². The zero-order valence-electron chi connectivity index (χ0n) is 10.6. The van der Waals surface area contributed by atoms with Gasteiger partial charge in [0.1, 0.15) is 5.69 Å². The molecule has 0 unspecified atom stereocenters. The van der Waals surface area contributed by atoms with E-state index < -0.39 is 10.8 Å². The van der Waals surface area contributed by atoms with Crippen LogP contribution in [0.25, 0.3) is 0 Å². The van der Waals surface area contributed by atoms with Crippen LogP contribution in [0.3, 0.4) is 0 Å². The predicted octanol–water partition coefficient (Wildman–Crippen LogP) is 2.41. The molecule has 0 aliphatic rings. The van der Waals surface area contributed by atoms with Crippen molar-refractivity contribution in [3.8, 4) is 0 Å². The lowest BCUT2D eigenvalue weighted by Crippen LogP contribution is -2.18. The third-order valence-corrected chi connectivity index (χ3v) is 2.81. The van der Waals surface area contributed by atoms with Crippen molar-refractivity contribution in [1.29, 1.82) is 0 Å². The van der Waals surface area contributed by atoms with Gasteiger partial charge < -0.3 is 0 Å². The average Bonchev–Trinajstić information content (AvgIpc) is 2.49. The molecule has 1 N–H and O–H groups in total. The van der Waals surface area contributed by atoms with Gasteiger partial charge in [0.25, 0.3) is 11.6 Å². The highest BCUT2D eigenvalue weighted by Gasteiger charge is 2.14. The monoisotopic (exact) mass is 304 g/mol. The van der Waals surface area contributed by atoms with E-state index in [-0.39, 0.29) is 22.0 Å². The van der Waals surface area contributed by atoms with Gasteiger partial charge in [0.15, 0.2) is 0 Å². The van der Waals surface area contributed by atoms with E-state index in [1.54, 1.807) is 12.1 Å². The van der Waals surface area contributed by atoms with Crippen molar-refractivity contribution in [3.05, 3.63) is 69.0 Å². The van der Waals surface area contributed by atoms with Gasteiger partial charge in [-0.05, 0) is 18.2 Å². The Balaban J connectivity index is 2.16. The molecule has 1 aromatic carbocycles. The second-order valence-electron chi connectivity index (χ2n) is 3.84. The molecule has 0 spiro atoms. The first kappa shape index (κ1) is 14.6. The summed E-state index contributed by atoms with van der Waals surface area (Å²) in [5.41, 5.74) is 2.33. The van der Waals surface area contributed by atoms with E-state index in [2.05, 4.69) is 15.5 Å². The number of pyridine rings is 1. The second-order valence-corrected chi connectivity index (χ2v) is 4.25. The number of halogens is 1. The summed E-state index contributed by atoms with van der Waals surface area (Å²) in [6.45, 7) is 0. The molecule has 0 saturated carbocycles. The SMILES string of the molecule is O=C(N/N=C\c1c(Cl)cccc1[N+](=O)[O-])c1ccccn1. The fourth-order valence-corrected chi connectivity index (χ4v) is 1.74. The minimum absolute atomic E-state index is 0.116. The minimum Gasteiger partial charge on any atom is -0.266 e. The lowest BCUT2D eigenvalue weighted by atomic mass is 10.2. The number of aromatic nitrogens is 1. The Bertz CT molecular complexity index is 704. The van der Waals surface area contributed by atoms with E-state index in [0.717, 1.165) is 6.21 Å². The lowest BCUT2D eigenvalue weighted by molar-refractivity contribution is -0.385. The van der Waals surface area contributed by atoms with Crippen LogP contribution in [0.2, 0.25) is 5.02 Å². The minimum atomic E-state index is -0.576. The number of hydrogen-bond donors (Lipinski definition) is 1. The first-order valence-electron chi connectivity index (χ1n) is 5.77. The maximum Gasteiger partial charge on any atom is 0.289 e. The highest BCUT2D eigenvalue weighted by Crippen LogP contribution is 2.24. The number of benzene rings is 1. The van der Waals surface area contributed by atoms with Gasteiger partial charge in [0.2, 0.25) is 0 Å². The Morgan fingerprint density at radius 1 is 1.33 bits per heavy atom. The van der Waals surface area contributed by atoms with Crippen molar-refractivity contribution < 1.29 is 9.72 Å². The summed E-state index contributed by atoms with van der Waals surface area (Å²) in [5, 5.41) is 14.7. The first-order valence-corrected chi connectivity index (χ1v) is 6.14. The van der Waals surface area contributed by atoms with Crippen LogP contribution < -0.4 is 5.43 Å². The van der Waals surface area contributed by atoms with Crippen LogP contribution in [0.1, 0.15) is 16.1 Å². The molecule has 2 rings (SSSR count). The molecule has 8 heteroatoms. The third-order valence-electron chi connectivity index (χ3n) is 2.48. The molecule has 0 saturated heterocycles. The number of nitrogens with zero attached hydrogens (tertiary/aromatic N) is 3. The predicted molar refractivity (Wildman–Crippen MR) is 77.4 cm³/mol. The number of hydrazone groups is 1. The highest BCUT2D eigenvalue weighted by atomic mass is 35.5. The van der Waals surface area contributed by atoms with Crippen molar-refractivity contribution >= 4 is 29.4 Å². The van der Waals surface area contributed by atoms with Gasteiger partial charge >= 0.3 is 0 Å². The summed E-state index contributed by atoms with van der Waals surface area (Å²) in [4.78, 5) is 25.8. The Morgan fingerprint density at radius 3 is 2.81 bits per heavy atom. The number of nitrogens with one attached hydrogen (secondary N) is 1. The molecule has 0 bridgehead atoms. The van der Waals surface area contributed by atoms with Crippen LogP contribution in [0.5, 0.6) is 0 Å². The molecule has 2 aromatic rings. The molecule has 1 amide bonds. The molecular formula is C13H9ClN4O3. The van der Waals surface area contributed by atoms with Crippen molar-refractivity contribution in [3.63, 3.8) is 0 Å². The number of amides is 1. The summed E-state index contributed by atoms with van der Waals surface area (Å²) in [5.74, 6) is -0.526. The molecule has 0 aliphatic carbocycles. The van der Waals surface area contributed by atoms with E-state index in [1.807, 2.05) is 0 Å². The standard InChI is InChI=1S/C13H9ClN4O3/c14-10-4-3-6-12(18(20)21)9(10)8-16-17-13(19)11-5-1-2-7-15-11/h1-8H,(H,17,19)/b16-8-. The molecule has 7 nitrogen and oxygen atoms in total. The number of carbonyl (C=O) groups excluding carboxylic acids is 1. The largest absolute Gasteiger partial charge is 0.289 e. The number of hydrogen-bond acceptors (Lipinski definition) is 5. The molecule has 0 radical (unpaired) electrons. The number of carbonyl (C=O) groups is 1. The Labute approximate surface area is 124 Å². The Kier molecular flexibility index (Phi) is 4.57. The van der Waals surface area contributed by atoms with E-state index >= 15 is 0 Å². The van der Waals surface area contributed by atoms with Gasteiger partial charge in [-0.25, -0.2) is 5.43 Å². The number of rotatable bonds is 4. The van der Waals surface area contributed by atoms with Crippen LogP contribution in [0, 0.1) is 10.1 Å². The lowest BCUT2D eigenvalue weighted by Gasteiger charge is -2.00. The van der Waals surface area contributed by atoms with E-state index in [1.165, 1.54) is 30.5 Å². The molecule has 0 atom stereocenters. The second kappa shape index (κ2) is 6.58. The first-order chi connectivity index (χ1) is 10.1. The van der Waals surface area contributed by atoms with Crippen LogP contribution in [-0.2, 0) is 0 Å². The maximum atomic E-state index is 11.7. The summed E-state index contributed by atoms with van der Waals surface area (Å²) in [6, 6.07) is 9.11. The molecule has 0 fully saturated rings. The van der Waals surface area contributed by atoms with Crippen molar-refractivity contribution in [2.45, 2.75) is 0 Å². The van der Waals surface area contributed by atoms with Gasteiger partial charge in [-0.2, -0.15) is 5.10 Å². The molecular weight excluding hydrogens is 296 g/mol. The summed E-state index contributed by atoms with van der Waals surface area (Å²) in [6.07, 6.45) is 2.60. The van der Waals surface area contributed by atoms with Crippen molar-refractivity contribution in [2.24, 2.45) is 5.10 Å². The van der Waals surface area contributed by atoms with Gasteiger partial charge in [0.05, 0.1) is 21.7 Å². The summed E-state index contributed by atoms with van der Waals surface area (Å²) in [7, 11) is 0. The smallest absolute Gasteiger partial charge is 0.266 e.